The molecule has 1 aliphatic rings. The van der Waals surface area contributed by atoms with E-state index in [1.807, 2.05) is 0 Å². The van der Waals surface area contributed by atoms with E-state index < -0.39 is 0 Å². The molecule has 4 heteroatoms. The van der Waals surface area contributed by atoms with Crippen LogP contribution in [0.3, 0.4) is 0 Å². The van der Waals surface area contributed by atoms with E-state index in [0.717, 1.165) is 6.54 Å². The average molecular weight is 491 g/mol. The van der Waals surface area contributed by atoms with Gasteiger partial charge in [0.2, 0.25) is 0 Å². The van der Waals surface area contributed by atoms with Gasteiger partial charge in [-0.1, -0.05) is 96.1 Å². The number of fused-ring (bicyclic) bond motifs is 3. The van der Waals surface area contributed by atoms with Crippen molar-refractivity contribution >= 4 is 18.1 Å². The lowest BCUT2D eigenvalue weighted by Crippen LogP contribution is -2.60. The van der Waals surface area contributed by atoms with Crippen molar-refractivity contribution in [3.05, 3.63) is 89.7 Å². The monoisotopic (exact) mass is 490 g/mol. The number of anilines is 1. The maximum absolute atomic E-state index is 2.68. The summed E-state index contributed by atoms with van der Waals surface area (Å²) < 4.78 is 4.83. The van der Waals surface area contributed by atoms with Crippen LogP contribution in [0, 0.1) is 12.8 Å². The van der Waals surface area contributed by atoms with Crippen LogP contribution in [0.15, 0.2) is 73.1 Å². The number of hydrogen-bond acceptors (Lipinski definition) is 1. The van der Waals surface area contributed by atoms with Crippen LogP contribution >= 0.6 is 0 Å². The molecule has 3 aromatic carbocycles. The Kier molecular flexibility index (Phi) is 6.79. The van der Waals surface area contributed by atoms with Crippen LogP contribution < -0.4 is 14.8 Å². The largest absolute Gasteiger partial charge is 0.537 e. The van der Waals surface area contributed by atoms with Crippen molar-refractivity contribution in [2.45, 2.75) is 60.3 Å². The summed E-state index contributed by atoms with van der Waals surface area (Å²) in [5, 5.41) is 0. The zero-order valence-corrected chi connectivity index (χ0v) is 23.8. The van der Waals surface area contributed by atoms with Crippen LogP contribution in [-0.2, 0) is 7.05 Å². The molecule has 2 heterocycles. The van der Waals surface area contributed by atoms with Crippen molar-refractivity contribution in [1.29, 1.82) is 0 Å². The van der Waals surface area contributed by atoms with Crippen LogP contribution in [-0.4, -0.2) is 18.0 Å². The molecule has 0 radical (unpaired) electrons. The van der Waals surface area contributed by atoms with Gasteiger partial charge in [-0.15, -0.1) is 0 Å². The van der Waals surface area contributed by atoms with Gasteiger partial charge in [-0.25, -0.2) is 4.57 Å². The van der Waals surface area contributed by atoms with Gasteiger partial charge in [0.15, 0.2) is 0 Å². The van der Waals surface area contributed by atoms with Crippen LogP contribution in [0.1, 0.15) is 70.1 Å². The molecule has 37 heavy (non-hydrogen) atoms. The zero-order chi connectivity index (χ0) is 26.4. The number of aryl methyl sites for hydroxylation is 2. The van der Waals surface area contributed by atoms with Gasteiger partial charge >= 0.3 is 6.98 Å². The average Bonchev–Trinajstić information content (AvgIpc) is 3.24. The Morgan fingerprint density at radius 1 is 0.811 bits per heavy atom. The highest BCUT2D eigenvalue weighted by atomic mass is 15.2. The van der Waals surface area contributed by atoms with Crippen LogP contribution in [0.5, 0.6) is 0 Å². The number of imidazole rings is 1. The summed E-state index contributed by atoms with van der Waals surface area (Å²) in [6.07, 6.45) is 4.52. The molecular weight excluding hydrogens is 449 g/mol. The van der Waals surface area contributed by atoms with Crippen molar-refractivity contribution in [3.8, 4) is 22.5 Å². The highest BCUT2D eigenvalue weighted by molar-refractivity contribution is 6.77. The molecule has 0 fully saturated rings. The molecule has 0 saturated heterocycles. The molecule has 0 N–H and O–H groups in total. The molecule has 0 amide bonds. The van der Waals surface area contributed by atoms with E-state index in [2.05, 4.69) is 142 Å². The van der Waals surface area contributed by atoms with Gasteiger partial charge in [-0.05, 0) is 58.6 Å². The lowest BCUT2D eigenvalue weighted by molar-refractivity contribution is -0.659. The molecule has 1 aliphatic heterocycles. The first-order valence-electron chi connectivity index (χ1n) is 13.8. The molecule has 0 atom stereocenters. The summed E-state index contributed by atoms with van der Waals surface area (Å²) in [5.74, 6) is 2.64. The molecule has 0 spiro atoms. The van der Waals surface area contributed by atoms with Crippen molar-refractivity contribution in [1.82, 2.24) is 4.48 Å². The summed E-state index contributed by atoms with van der Waals surface area (Å²) >= 11 is 0. The highest BCUT2D eigenvalue weighted by Crippen LogP contribution is 2.39. The first-order valence-corrected chi connectivity index (χ1v) is 13.8. The van der Waals surface area contributed by atoms with E-state index >= 15 is 0 Å². The van der Waals surface area contributed by atoms with Crippen LogP contribution in [0.4, 0.5) is 5.69 Å². The summed E-state index contributed by atoms with van der Waals surface area (Å²) in [5.41, 5.74) is 11.0. The number of aromatic nitrogens is 2. The van der Waals surface area contributed by atoms with E-state index in [1.54, 1.807) is 0 Å². The van der Waals surface area contributed by atoms with E-state index in [-0.39, 0.29) is 6.98 Å². The van der Waals surface area contributed by atoms with Gasteiger partial charge < -0.3 is 4.81 Å². The third-order valence-electron chi connectivity index (χ3n) is 7.79. The Bertz CT molecular complexity index is 1390. The van der Waals surface area contributed by atoms with E-state index in [0.29, 0.717) is 17.8 Å². The molecule has 0 aliphatic carbocycles. The highest BCUT2D eigenvalue weighted by Gasteiger charge is 2.47. The normalized spacial score (nSPS) is 13.1. The Balaban J connectivity index is 1.85. The van der Waals surface area contributed by atoms with Gasteiger partial charge in [0, 0.05) is 17.7 Å². The Morgan fingerprint density at radius 2 is 1.46 bits per heavy atom. The molecular formula is C33H41BN3+. The SMILES string of the molecule is Cc1cccc2c1-c1n(cc[n+]1C)B(c1c(C(C)C)cc(-c3ccccc3)cc1C(C)C)N2CC(C)C. The molecule has 3 nitrogen and oxygen atoms in total. The topological polar surface area (TPSA) is 12.0 Å². The van der Waals surface area contributed by atoms with Crippen molar-refractivity contribution < 1.29 is 4.57 Å². The molecule has 4 aromatic rings. The van der Waals surface area contributed by atoms with Crippen molar-refractivity contribution in [3.63, 3.8) is 0 Å². The van der Waals surface area contributed by atoms with Gasteiger partial charge in [0.1, 0.15) is 12.4 Å². The molecule has 5 rings (SSSR count). The lowest BCUT2D eigenvalue weighted by atomic mass is 9.57. The first kappa shape index (κ1) is 25.4. The Labute approximate surface area is 223 Å². The minimum Gasteiger partial charge on any atom is -0.369 e. The zero-order valence-electron chi connectivity index (χ0n) is 23.8. The van der Waals surface area contributed by atoms with Gasteiger partial charge in [-0.2, -0.15) is 0 Å². The van der Waals surface area contributed by atoms with Crippen molar-refractivity contribution in [2.75, 3.05) is 11.4 Å². The maximum Gasteiger partial charge on any atom is 0.537 e. The summed E-state index contributed by atoms with van der Waals surface area (Å²) in [4.78, 5) is 2.68. The molecule has 0 unspecified atom stereocenters. The van der Waals surface area contributed by atoms with Crippen molar-refractivity contribution in [2.24, 2.45) is 13.0 Å². The van der Waals surface area contributed by atoms with Gasteiger partial charge in [0.05, 0.1) is 12.6 Å². The first-order chi connectivity index (χ1) is 17.7. The van der Waals surface area contributed by atoms with Gasteiger partial charge in [0.25, 0.3) is 5.82 Å². The second-order valence-electron chi connectivity index (χ2n) is 11.8. The molecule has 0 bridgehead atoms. The third-order valence-corrected chi connectivity index (χ3v) is 7.79. The summed E-state index contributed by atoms with van der Waals surface area (Å²) in [6.45, 7) is 17.4. The number of hydrogen-bond donors (Lipinski definition) is 0. The second kappa shape index (κ2) is 9.89. The predicted octanol–water partition coefficient (Wildman–Crippen LogP) is 6.92. The minimum absolute atomic E-state index is 0.104. The standard InChI is InChI=1S/C33H41BN3/c1-22(2)21-37-30-16-12-13-25(7)31(30)33-35(8)17-18-36(33)34(37)32-28(23(3)4)19-27(20-29(32)24(5)6)26-14-10-9-11-15-26/h9-20,22-24H,21H2,1-8H3/q+1. The van der Waals surface area contributed by atoms with Gasteiger partial charge in [-0.3, -0.25) is 4.48 Å². The number of nitrogens with zero attached hydrogens (tertiary/aromatic N) is 3. The van der Waals surface area contributed by atoms with E-state index in [4.69, 9.17) is 0 Å². The fourth-order valence-corrected chi connectivity index (χ4v) is 6.10. The maximum atomic E-state index is 2.68. The fourth-order valence-electron chi connectivity index (χ4n) is 6.10. The Morgan fingerprint density at radius 3 is 2.05 bits per heavy atom. The smallest absolute Gasteiger partial charge is 0.369 e. The second-order valence-corrected chi connectivity index (χ2v) is 11.8. The van der Waals surface area contributed by atoms with Crippen LogP contribution in [0.2, 0.25) is 0 Å². The lowest BCUT2D eigenvalue weighted by Gasteiger charge is -2.37. The molecule has 0 saturated carbocycles. The number of rotatable bonds is 6. The summed E-state index contributed by atoms with van der Waals surface area (Å²) in [7, 11) is 2.18. The van der Waals surface area contributed by atoms with Crippen LogP contribution in [0.25, 0.3) is 22.5 Å². The Hall–Kier alpha value is -3.27. The van der Waals surface area contributed by atoms with E-state index in [9.17, 15) is 0 Å². The quantitative estimate of drug-likeness (QED) is 0.211. The number of benzene rings is 3. The third kappa shape index (κ3) is 4.41. The fraction of sp³-hybridized carbons (Fsp3) is 0.364. The van der Waals surface area contributed by atoms with E-state index in [1.165, 1.54) is 50.4 Å². The summed E-state index contributed by atoms with van der Waals surface area (Å²) in [6, 6.07) is 22.6. The predicted molar refractivity (Wildman–Crippen MR) is 159 cm³/mol. The molecule has 1 aromatic heterocycles. The minimum atomic E-state index is 0.104. The molecule has 190 valence electrons.